The Bertz CT molecular complexity index is 1190. The molecule has 1 aliphatic carbocycles. The van der Waals surface area contributed by atoms with E-state index < -0.39 is 31.4 Å². The number of pyridine rings is 1. The van der Waals surface area contributed by atoms with Gasteiger partial charge in [-0.2, -0.15) is 21.6 Å². The lowest BCUT2D eigenvalue weighted by molar-refractivity contribution is -0.0500. The molecule has 13 heteroatoms. The first kappa shape index (κ1) is 22.1. The molecule has 4 rings (SSSR count). The van der Waals surface area contributed by atoms with Gasteiger partial charge >= 0.3 is 15.6 Å². The Hall–Kier alpha value is -2.12. The van der Waals surface area contributed by atoms with Gasteiger partial charge < -0.3 is 9.50 Å². The number of hydrogen-bond donors (Lipinski definition) is 1. The van der Waals surface area contributed by atoms with Crippen LogP contribution in [0.2, 0.25) is 0 Å². The minimum absolute atomic E-state index is 0.0229. The van der Waals surface area contributed by atoms with E-state index in [1.54, 1.807) is 0 Å². The molecule has 0 radical (unpaired) electrons. The summed E-state index contributed by atoms with van der Waals surface area (Å²) in [5.74, 6) is 0.0202. The molecule has 1 aliphatic heterocycles. The SMILES string of the molecule is O=S(=O)(C1CC1)N1CCC(Nc2nccc3cc(OS(=O)(=O)C(F)(F)F)ccc23)CC1. The number of benzene rings is 1. The Morgan fingerprint density at radius 1 is 1.03 bits per heavy atom. The van der Waals surface area contributed by atoms with E-state index >= 15 is 0 Å². The second kappa shape index (κ2) is 7.78. The van der Waals surface area contributed by atoms with Gasteiger partial charge in [0.1, 0.15) is 11.6 Å². The average molecular weight is 480 g/mol. The Balaban J connectivity index is 1.47. The molecule has 1 saturated carbocycles. The zero-order chi connectivity index (χ0) is 22.4. The van der Waals surface area contributed by atoms with Crippen LogP contribution in [0.25, 0.3) is 10.8 Å². The molecule has 2 heterocycles. The van der Waals surface area contributed by atoms with Crippen LogP contribution < -0.4 is 9.50 Å². The van der Waals surface area contributed by atoms with Crippen LogP contribution in [0.1, 0.15) is 25.7 Å². The van der Waals surface area contributed by atoms with Crippen LogP contribution in [-0.4, -0.2) is 56.0 Å². The van der Waals surface area contributed by atoms with Gasteiger partial charge in [-0.1, -0.05) is 0 Å². The van der Waals surface area contributed by atoms with E-state index in [-0.39, 0.29) is 11.3 Å². The third-order valence-corrected chi connectivity index (χ3v) is 8.70. The number of anilines is 1. The number of rotatable bonds is 6. The number of piperidine rings is 1. The third kappa shape index (κ3) is 4.58. The molecule has 2 fully saturated rings. The first-order chi connectivity index (χ1) is 14.5. The normalized spacial score (nSPS) is 19.5. The molecule has 0 atom stereocenters. The summed E-state index contributed by atoms with van der Waals surface area (Å²) < 4.78 is 90.4. The zero-order valence-electron chi connectivity index (χ0n) is 16.2. The van der Waals surface area contributed by atoms with Gasteiger partial charge in [-0.05, 0) is 55.3 Å². The van der Waals surface area contributed by atoms with Crippen LogP contribution in [0, 0.1) is 0 Å². The zero-order valence-corrected chi connectivity index (χ0v) is 17.8. The number of fused-ring (bicyclic) bond motifs is 1. The van der Waals surface area contributed by atoms with E-state index in [1.807, 2.05) is 0 Å². The number of halogens is 3. The number of hydrogen-bond acceptors (Lipinski definition) is 7. The summed E-state index contributed by atoms with van der Waals surface area (Å²) in [5, 5.41) is 4.04. The molecule has 0 unspecified atom stereocenters. The van der Waals surface area contributed by atoms with Crippen LogP contribution in [0.4, 0.5) is 19.0 Å². The van der Waals surface area contributed by atoms with Gasteiger partial charge in [0.15, 0.2) is 0 Å². The summed E-state index contributed by atoms with van der Waals surface area (Å²) >= 11 is 0. The van der Waals surface area contributed by atoms with Gasteiger partial charge in [-0.25, -0.2) is 17.7 Å². The maximum absolute atomic E-state index is 12.5. The Labute approximate surface area is 177 Å². The molecule has 1 saturated heterocycles. The van der Waals surface area contributed by atoms with Gasteiger partial charge in [0.05, 0.1) is 5.25 Å². The van der Waals surface area contributed by atoms with Gasteiger partial charge in [0.2, 0.25) is 10.0 Å². The van der Waals surface area contributed by atoms with Gasteiger partial charge in [0, 0.05) is 30.7 Å². The van der Waals surface area contributed by atoms with E-state index in [4.69, 9.17) is 0 Å². The van der Waals surface area contributed by atoms with Crippen LogP contribution in [0.3, 0.4) is 0 Å². The lowest BCUT2D eigenvalue weighted by atomic mass is 10.1. The molecule has 0 spiro atoms. The van der Waals surface area contributed by atoms with Crippen molar-refractivity contribution in [1.29, 1.82) is 0 Å². The highest BCUT2D eigenvalue weighted by molar-refractivity contribution is 7.90. The Morgan fingerprint density at radius 3 is 2.32 bits per heavy atom. The average Bonchev–Trinajstić information content (AvgIpc) is 3.53. The van der Waals surface area contributed by atoms with Crippen LogP contribution in [-0.2, 0) is 20.1 Å². The van der Waals surface area contributed by atoms with E-state index in [9.17, 15) is 30.0 Å². The Morgan fingerprint density at radius 2 is 1.71 bits per heavy atom. The fourth-order valence-corrected chi connectivity index (χ4v) is 5.85. The van der Waals surface area contributed by atoms with Crippen molar-refractivity contribution < 1.29 is 34.2 Å². The molecule has 31 heavy (non-hydrogen) atoms. The van der Waals surface area contributed by atoms with Crippen molar-refractivity contribution >= 4 is 36.7 Å². The summed E-state index contributed by atoms with van der Waals surface area (Å²) in [7, 11) is -8.96. The van der Waals surface area contributed by atoms with Gasteiger partial charge in [0.25, 0.3) is 0 Å². The number of aromatic nitrogens is 1. The predicted molar refractivity (Wildman–Crippen MR) is 108 cm³/mol. The number of sulfonamides is 1. The summed E-state index contributed by atoms with van der Waals surface area (Å²) in [6.07, 6.45) is 4.07. The number of nitrogens with one attached hydrogen (secondary N) is 1. The first-order valence-corrected chi connectivity index (χ1v) is 12.5. The second-order valence-corrected chi connectivity index (χ2v) is 11.3. The number of nitrogens with zero attached hydrogens (tertiary/aromatic N) is 2. The van der Waals surface area contributed by atoms with Crippen molar-refractivity contribution in [2.24, 2.45) is 0 Å². The van der Waals surface area contributed by atoms with Crippen molar-refractivity contribution in [3.05, 3.63) is 30.5 Å². The van der Waals surface area contributed by atoms with Crippen LogP contribution in [0.15, 0.2) is 30.5 Å². The molecule has 1 aromatic carbocycles. The predicted octanol–water partition coefficient (Wildman–Crippen LogP) is 2.83. The highest BCUT2D eigenvalue weighted by atomic mass is 32.2. The lowest BCUT2D eigenvalue weighted by Crippen LogP contribution is -2.43. The Kier molecular flexibility index (Phi) is 5.54. The molecule has 8 nitrogen and oxygen atoms in total. The van der Waals surface area contributed by atoms with Crippen LogP contribution >= 0.6 is 0 Å². The van der Waals surface area contributed by atoms with E-state index in [0.717, 1.165) is 18.9 Å². The summed E-state index contributed by atoms with van der Waals surface area (Å²) in [4.78, 5) is 4.27. The van der Waals surface area contributed by atoms with E-state index in [2.05, 4.69) is 14.5 Å². The van der Waals surface area contributed by atoms with Crippen molar-refractivity contribution in [2.45, 2.75) is 42.5 Å². The minimum atomic E-state index is -5.76. The molecule has 1 N–H and O–H groups in total. The summed E-state index contributed by atoms with van der Waals surface area (Å²) in [6, 6.07) is 5.25. The standard InChI is InChI=1S/C18H20F3N3O5S2/c19-18(20,21)31(27,28)29-14-1-4-16-12(11-14)5-8-22-17(16)23-13-6-9-24(10-7-13)30(25,26)15-2-3-15/h1,4-5,8,11,13,15H,2-3,6-7,9-10H2,(H,22,23). The fraction of sp³-hybridized carbons (Fsp3) is 0.500. The second-order valence-electron chi connectivity index (χ2n) is 7.59. The number of alkyl halides is 3. The lowest BCUT2D eigenvalue weighted by Gasteiger charge is -2.32. The molecule has 1 aromatic heterocycles. The molecule has 2 aliphatic rings. The van der Waals surface area contributed by atoms with Crippen molar-refractivity contribution in [3.8, 4) is 5.75 Å². The molecule has 0 amide bonds. The highest BCUT2D eigenvalue weighted by Gasteiger charge is 2.48. The summed E-state index contributed by atoms with van der Waals surface area (Å²) in [5.41, 5.74) is -5.52. The molecule has 0 bridgehead atoms. The largest absolute Gasteiger partial charge is 0.534 e. The quantitative estimate of drug-likeness (QED) is 0.502. The monoisotopic (exact) mass is 479 g/mol. The smallest absolute Gasteiger partial charge is 0.376 e. The first-order valence-electron chi connectivity index (χ1n) is 9.62. The molecule has 170 valence electrons. The fourth-order valence-electron chi connectivity index (χ4n) is 3.52. The van der Waals surface area contributed by atoms with Crippen molar-refractivity contribution in [2.75, 3.05) is 18.4 Å². The maximum atomic E-state index is 12.5. The maximum Gasteiger partial charge on any atom is 0.534 e. The minimum Gasteiger partial charge on any atom is -0.376 e. The molecular formula is C18H20F3N3O5S2. The molecular weight excluding hydrogens is 459 g/mol. The third-order valence-electron chi connectivity index (χ3n) is 5.33. The van der Waals surface area contributed by atoms with Crippen LogP contribution in [0.5, 0.6) is 5.75 Å². The topological polar surface area (TPSA) is 106 Å². The van der Waals surface area contributed by atoms with Crippen molar-refractivity contribution in [1.82, 2.24) is 9.29 Å². The molecule has 2 aromatic rings. The van der Waals surface area contributed by atoms with E-state index in [0.29, 0.717) is 42.5 Å². The van der Waals surface area contributed by atoms with E-state index in [1.165, 1.54) is 28.7 Å². The van der Waals surface area contributed by atoms with Gasteiger partial charge in [-0.15, -0.1) is 0 Å². The highest BCUT2D eigenvalue weighted by Crippen LogP contribution is 2.34. The van der Waals surface area contributed by atoms with Crippen molar-refractivity contribution in [3.63, 3.8) is 0 Å². The van der Waals surface area contributed by atoms with Gasteiger partial charge in [-0.3, -0.25) is 0 Å². The summed E-state index contributed by atoms with van der Waals surface area (Å²) in [6.45, 7) is 0.823.